The van der Waals surface area contributed by atoms with Crippen LogP contribution in [0, 0.1) is 12.7 Å². The Labute approximate surface area is 164 Å². The van der Waals surface area contributed by atoms with Gasteiger partial charge < -0.3 is 0 Å². The van der Waals surface area contributed by atoms with E-state index >= 15 is 0 Å². The van der Waals surface area contributed by atoms with Crippen LogP contribution >= 0.6 is 79.6 Å². The Kier molecular flexibility index (Phi) is 8.56. The van der Waals surface area contributed by atoms with Crippen molar-refractivity contribution in [1.29, 1.82) is 0 Å². The van der Waals surface area contributed by atoms with Crippen LogP contribution in [-0.4, -0.2) is 0 Å². The fourth-order valence-electron chi connectivity index (χ4n) is 1.31. The monoisotopic (exact) mass is 610 g/mol. The smallest absolute Gasteiger partial charge is 0.139 e. The largest absolute Gasteiger partial charge is 0.246 e. The van der Waals surface area contributed by atoms with Crippen LogP contribution in [0.5, 0.6) is 0 Å². The molecule has 2 aromatic rings. The van der Waals surface area contributed by atoms with Gasteiger partial charge in [-0.15, -0.1) is 0 Å². The lowest BCUT2D eigenvalue weighted by Gasteiger charge is -2.04. The van der Waals surface area contributed by atoms with Crippen LogP contribution in [0.15, 0.2) is 46.6 Å². The van der Waals surface area contributed by atoms with Gasteiger partial charge in [0.25, 0.3) is 0 Å². The molecule has 21 heavy (non-hydrogen) atoms. The fourth-order valence-corrected chi connectivity index (χ4v) is 3.57. The zero-order chi connectivity index (χ0) is 16.2. The molecule has 0 atom stereocenters. The first-order chi connectivity index (χ1) is 9.79. The van der Waals surface area contributed by atoms with E-state index in [2.05, 4.69) is 79.6 Å². The third-order valence-electron chi connectivity index (χ3n) is 2.52. The summed E-state index contributed by atoms with van der Waals surface area (Å²) in [5.74, 6) is -0.269. The van der Waals surface area contributed by atoms with E-state index in [1.165, 1.54) is 6.07 Å². The van der Waals surface area contributed by atoms with Crippen molar-refractivity contribution in [2.75, 3.05) is 0 Å². The first-order valence-electron chi connectivity index (χ1n) is 5.58. The highest BCUT2D eigenvalue weighted by Crippen LogP contribution is 2.33. The third-order valence-corrected chi connectivity index (χ3v) is 7.77. The normalized spacial score (nSPS) is 10.1. The molecule has 114 valence electrons. The van der Waals surface area contributed by atoms with E-state index in [1.54, 1.807) is 6.07 Å². The molecule has 0 aliphatic carbocycles. The minimum Gasteiger partial charge on any atom is -0.246 e. The molecule has 0 aromatic heterocycles. The average molecular weight is 615 g/mol. The molecule has 0 unspecified atom stereocenters. The van der Waals surface area contributed by atoms with Crippen molar-refractivity contribution in [2.24, 2.45) is 0 Å². The summed E-state index contributed by atoms with van der Waals surface area (Å²) in [6.07, 6.45) is 0. The highest BCUT2D eigenvalue weighted by molar-refractivity contribution is 9.13. The summed E-state index contributed by atoms with van der Waals surface area (Å²) >= 11 is 16.2. The predicted octanol–water partition coefficient (Wildman–Crippen LogP) is 8.10. The van der Waals surface area contributed by atoms with Gasteiger partial charge in [-0.05, 0) is 93.9 Å². The van der Waals surface area contributed by atoms with Crippen LogP contribution in [0.25, 0.3) is 0 Å². The number of hydrogen-bond acceptors (Lipinski definition) is 0. The van der Waals surface area contributed by atoms with Gasteiger partial charge in [0.15, 0.2) is 0 Å². The van der Waals surface area contributed by atoms with Crippen LogP contribution in [0.2, 0.25) is 0 Å². The maximum absolute atomic E-state index is 12.9. The van der Waals surface area contributed by atoms with Gasteiger partial charge in [-0.1, -0.05) is 28.1 Å². The quantitative estimate of drug-likeness (QED) is 0.225. The van der Waals surface area contributed by atoms with E-state index in [0.29, 0.717) is 10.0 Å². The molecule has 0 saturated carbocycles. The lowest BCUT2D eigenvalue weighted by Crippen LogP contribution is -1.85. The minimum atomic E-state index is -0.431. The standard InChI is InChI=1S/C7H4Br3F.C7H5Br2F/c1-3-4(8)2-5(11)7(10)6(3)9;8-6-3-1-2-5(4-10)7(6)9/h2H,1H3;1-3H,4H2. The predicted molar refractivity (Wildman–Crippen MR) is 101 cm³/mol. The van der Waals surface area contributed by atoms with E-state index in [4.69, 9.17) is 0 Å². The molecule has 2 rings (SSSR count). The maximum atomic E-state index is 12.9. The van der Waals surface area contributed by atoms with Gasteiger partial charge in [-0.3, -0.25) is 0 Å². The fraction of sp³-hybridized carbons (Fsp3) is 0.143. The Bertz CT molecular complexity index is 617. The van der Waals surface area contributed by atoms with Crippen molar-refractivity contribution < 1.29 is 8.78 Å². The van der Waals surface area contributed by atoms with Crippen molar-refractivity contribution in [1.82, 2.24) is 0 Å². The Hall–Kier alpha value is 0.700. The molecule has 0 aliphatic heterocycles. The third kappa shape index (κ3) is 5.37. The second kappa shape index (κ2) is 9.11. The molecule has 0 nitrogen and oxygen atoms in total. The molecule has 0 spiro atoms. The van der Waals surface area contributed by atoms with Gasteiger partial charge >= 0.3 is 0 Å². The zero-order valence-electron chi connectivity index (χ0n) is 10.7. The molecular weight excluding hydrogens is 606 g/mol. The summed E-state index contributed by atoms with van der Waals surface area (Å²) in [6.45, 7) is 1.47. The number of rotatable bonds is 1. The maximum Gasteiger partial charge on any atom is 0.139 e. The molecule has 0 aliphatic rings. The van der Waals surface area contributed by atoms with Crippen LogP contribution in [-0.2, 0) is 6.67 Å². The van der Waals surface area contributed by atoms with Crippen molar-refractivity contribution in [3.8, 4) is 0 Å². The molecule has 0 radical (unpaired) electrons. The van der Waals surface area contributed by atoms with Gasteiger partial charge in [0.05, 0.1) is 4.47 Å². The number of halogens is 7. The van der Waals surface area contributed by atoms with Crippen molar-refractivity contribution >= 4 is 79.6 Å². The first-order valence-corrected chi connectivity index (χ1v) is 9.54. The van der Waals surface area contributed by atoms with E-state index in [1.807, 2.05) is 19.1 Å². The highest BCUT2D eigenvalue weighted by Gasteiger charge is 2.09. The molecule has 0 heterocycles. The summed E-state index contributed by atoms with van der Waals surface area (Å²) < 4.78 is 28.7. The topological polar surface area (TPSA) is 0 Å². The highest BCUT2D eigenvalue weighted by atomic mass is 79.9. The molecule has 0 bridgehead atoms. The first kappa shape index (κ1) is 19.7. The lowest BCUT2D eigenvalue weighted by atomic mass is 10.2. The van der Waals surface area contributed by atoms with Crippen LogP contribution in [0.4, 0.5) is 8.78 Å². The van der Waals surface area contributed by atoms with E-state index in [-0.39, 0.29) is 5.82 Å². The molecule has 0 fully saturated rings. The van der Waals surface area contributed by atoms with Crippen molar-refractivity contribution in [3.05, 3.63) is 63.6 Å². The Morgan fingerprint density at radius 1 is 0.905 bits per heavy atom. The summed E-state index contributed by atoms with van der Waals surface area (Å²) in [6, 6.07) is 6.85. The number of benzene rings is 2. The van der Waals surface area contributed by atoms with Crippen LogP contribution in [0.1, 0.15) is 11.1 Å². The molecule has 0 amide bonds. The van der Waals surface area contributed by atoms with E-state index < -0.39 is 6.67 Å². The van der Waals surface area contributed by atoms with Gasteiger partial charge in [0.1, 0.15) is 12.5 Å². The Morgan fingerprint density at radius 2 is 1.52 bits per heavy atom. The van der Waals surface area contributed by atoms with Gasteiger partial charge in [0.2, 0.25) is 0 Å². The van der Waals surface area contributed by atoms with Crippen LogP contribution in [0.3, 0.4) is 0 Å². The van der Waals surface area contributed by atoms with Crippen molar-refractivity contribution in [3.63, 3.8) is 0 Å². The number of alkyl halides is 1. The summed E-state index contributed by atoms with van der Waals surface area (Å²) in [5.41, 5.74) is 1.66. The number of hydrogen-bond donors (Lipinski definition) is 0. The van der Waals surface area contributed by atoms with E-state index in [9.17, 15) is 8.78 Å². The SMILES string of the molecule is Cc1c(Br)cc(F)c(Br)c1Br.FCc1cccc(Br)c1Br. The molecule has 0 saturated heterocycles. The summed E-state index contributed by atoms with van der Waals surface area (Å²) in [4.78, 5) is 0. The molecular formula is C14H9Br5F2. The molecule has 7 heteroatoms. The van der Waals surface area contributed by atoms with Crippen LogP contribution < -0.4 is 0 Å². The second-order valence-corrected chi connectivity index (χ2v) is 8.03. The second-order valence-electron chi connectivity index (χ2n) is 3.94. The Morgan fingerprint density at radius 3 is 2.05 bits per heavy atom. The molecule has 2 aromatic carbocycles. The van der Waals surface area contributed by atoms with E-state index in [0.717, 1.165) is 23.5 Å². The van der Waals surface area contributed by atoms with Gasteiger partial charge in [-0.2, -0.15) is 0 Å². The van der Waals surface area contributed by atoms with Crippen molar-refractivity contribution in [2.45, 2.75) is 13.6 Å². The minimum absolute atomic E-state index is 0.269. The lowest BCUT2D eigenvalue weighted by molar-refractivity contribution is 0.484. The molecule has 0 N–H and O–H groups in total. The van der Waals surface area contributed by atoms with Gasteiger partial charge in [-0.25, -0.2) is 8.78 Å². The van der Waals surface area contributed by atoms with Gasteiger partial charge in [0, 0.05) is 17.9 Å². The average Bonchev–Trinajstić information content (AvgIpc) is 2.46. The zero-order valence-corrected chi connectivity index (χ0v) is 18.6. The Balaban J connectivity index is 0.000000211. The summed E-state index contributed by atoms with van der Waals surface area (Å²) in [7, 11) is 0. The summed E-state index contributed by atoms with van der Waals surface area (Å²) in [5, 5.41) is 0.